The standard InChI is InChI=1S/C20H24N2O5S/c1-13(2)27-20(26)18(24)17(12-16-8-6-5-7-9-16)22(15(4)23)21-10-11-28-14(3)19(21)25/h5-11,13-14,17H,12H2,1-4H3/t14?,17-/m0/s1. The van der Waals surface area contributed by atoms with Gasteiger partial charge in [0.1, 0.15) is 6.04 Å². The number of rotatable bonds is 7. The van der Waals surface area contributed by atoms with Crippen molar-refractivity contribution >= 4 is 35.3 Å². The molecule has 0 fully saturated rings. The Morgan fingerprint density at radius 2 is 1.86 bits per heavy atom. The third kappa shape index (κ3) is 5.22. The summed E-state index contributed by atoms with van der Waals surface area (Å²) in [5.41, 5.74) is 0.750. The molecule has 2 atom stereocenters. The van der Waals surface area contributed by atoms with Gasteiger partial charge in [0.25, 0.3) is 11.7 Å². The quantitative estimate of drug-likeness (QED) is 0.512. The number of ketones is 1. The Kier molecular flexibility index (Phi) is 7.39. The fraction of sp³-hybridized carbons (Fsp3) is 0.400. The predicted octanol–water partition coefficient (Wildman–Crippen LogP) is 2.32. The van der Waals surface area contributed by atoms with E-state index in [4.69, 9.17) is 4.74 Å². The van der Waals surface area contributed by atoms with Crippen LogP contribution in [0.2, 0.25) is 0 Å². The third-order valence-corrected chi connectivity index (χ3v) is 4.92. The molecule has 2 rings (SSSR count). The van der Waals surface area contributed by atoms with Crippen molar-refractivity contribution in [2.75, 3.05) is 0 Å². The second-order valence-electron chi connectivity index (χ2n) is 6.63. The van der Waals surface area contributed by atoms with Crippen molar-refractivity contribution in [3.8, 4) is 0 Å². The second-order valence-corrected chi connectivity index (χ2v) is 7.89. The highest BCUT2D eigenvalue weighted by Crippen LogP contribution is 2.25. The number of benzene rings is 1. The van der Waals surface area contributed by atoms with E-state index in [0.29, 0.717) is 0 Å². The number of ether oxygens (including phenoxy) is 1. The first-order valence-electron chi connectivity index (χ1n) is 8.96. The summed E-state index contributed by atoms with van der Waals surface area (Å²) in [5, 5.41) is 3.43. The summed E-state index contributed by atoms with van der Waals surface area (Å²) in [5.74, 6) is -2.77. The maximum absolute atomic E-state index is 12.9. The van der Waals surface area contributed by atoms with Crippen LogP contribution in [0.25, 0.3) is 0 Å². The highest BCUT2D eigenvalue weighted by atomic mass is 32.2. The van der Waals surface area contributed by atoms with Crippen LogP contribution in [0.4, 0.5) is 0 Å². The normalized spacial score (nSPS) is 17.4. The number of carbonyl (C=O) groups is 4. The molecule has 0 spiro atoms. The zero-order chi connectivity index (χ0) is 20.8. The summed E-state index contributed by atoms with van der Waals surface area (Å²) in [4.78, 5) is 50.3. The maximum Gasteiger partial charge on any atom is 0.377 e. The lowest BCUT2D eigenvalue weighted by molar-refractivity contribution is -0.170. The number of hydrogen-bond acceptors (Lipinski definition) is 6. The molecule has 0 saturated carbocycles. The molecule has 1 aromatic carbocycles. The van der Waals surface area contributed by atoms with E-state index in [9.17, 15) is 19.2 Å². The number of thioether (sulfide) groups is 1. The Morgan fingerprint density at radius 1 is 1.21 bits per heavy atom. The predicted molar refractivity (Wildman–Crippen MR) is 106 cm³/mol. The van der Waals surface area contributed by atoms with Gasteiger partial charge in [-0.3, -0.25) is 14.4 Å². The van der Waals surface area contributed by atoms with Gasteiger partial charge in [-0.15, -0.1) is 11.8 Å². The maximum atomic E-state index is 12.9. The first-order valence-corrected chi connectivity index (χ1v) is 9.90. The van der Waals surface area contributed by atoms with Gasteiger partial charge in [-0.05, 0) is 31.7 Å². The Morgan fingerprint density at radius 3 is 2.43 bits per heavy atom. The van der Waals surface area contributed by atoms with Gasteiger partial charge < -0.3 is 4.74 Å². The first-order chi connectivity index (χ1) is 13.2. The van der Waals surface area contributed by atoms with E-state index < -0.39 is 35.1 Å². The van der Waals surface area contributed by atoms with Gasteiger partial charge in [0.2, 0.25) is 5.91 Å². The van der Waals surface area contributed by atoms with E-state index in [1.165, 1.54) is 24.9 Å². The molecule has 1 aromatic rings. The van der Waals surface area contributed by atoms with Gasteiger partial charge in [0, 0.05) is 19.5 Å². The fourth-order valence-corrected chi connectivity index (χ4v) is 3.41. The number of esters is 1. The van der Waals surface area contributed by atoms with Crippen molar-refractivity contribution in [1.29, 1.82) is 0 Å². The van der Waals surface area contributed by atoms with Crippen LogP contribution < -0.4 is 0 Å². The number of hydrazine groups is 1. The summed E-state index contributed by atoms with van der Waals surface area (Å²) in [6.07, 6.45) is 1.03. The molecule has 0 saturated heterocycles. The summed E-state index contributed by atoms with van der Waals surface area (Å²) in [6, 6.07) is 7.80. The van der Waals surface area contributed by atoms with E-state index in [2.05, 4.69) is 0 Å². The van der Waals surface area contributed by atoms with E-state index in [-0.39, 0.29) is 12.3 Å². The Labute approximate surface area is 168 Å². The van der Waals surface area contributed by atoms with Crippen molar-refractivity contribution in [3.63, 3.8) is 0 Å². The van der Waals surface area contributed by atoms with Gasteiger partial charge in [0.05, 0.1) is 11.4 Å². The molecule has 2 amide bonds. The molecule has 1 unspecified atom stereocenters. The van der Waals surface area contributed by atoms with Crippen LogP contribution in [0.15, 0.2) is 41.9 Å². The van der Waals surface area contributed by atoms with Crippen molar-refractivity contribution in [1.82, 2.24) is 10.0 Å². The number of nitrogens with zero attached hydrogens (tertiary/aromatic N) is 2. The lowest BCUT2D eigenvalue weighted by Crippen LogP contribution is -2.58. The smallest absolute Gasteiger partial charge is 0.377 e. The topological polar surface area (TPSA) is 84.0 Å². The van der Waals surface area contributed by atoms with Crippen molar-refractivity contribution in [2.45, 2.75) is 51.5 Å². The van der Waals surface area contributed by atoms with Crippen LogP contribution in [0.1, 0.15) is 33.3 Å². The zero-order valence-corrected chi connectivity index (χ0v) is 17.1. The molecule has 1 heterocycles. The molecule has 150 valence electrons. The third-order valence-electron chi connectivity index (χ3n) is 4.03. The number of amides is 2. The van der Waals surface area contributed by atoms with Gasteiger partial charge in [-0.25, -0.2) is 14.8 Å². The molecule has 0 radical (unpaired) electrons. The minimum atomic E-state index is -1.20. The molecule has 0 bridgehead atoms. The molecular formula is C20H24N2O5S. The van der Waals surface area contributed by atoms with Gasteiger partial charge >= 0.3 is 5.97 Å². The fourth-order valence-electron chi connectivity index (χ4n) is 2.76. The highest BCUT2D eigenvalue weighted by molar-refractivity contribution is 8.03. The van der Waals surface area contributed by atoms with Gasteiger partial charge in [-0.1, -0.05) is 30.3 Å². The van der Waals surface area contributed by atoms with Crippen LogP contribution >= 0.6 is 11.8 Å². The SMILES string of the molecule is CC(=O)N([C@@H](Cc1ccccc1)C(=O)C(=O)OC(C)C)N1C=CSC(C)C1=O. The summed E-state index contributed by atoms with van der Waals surface area (Å²) >= 11 is 1.31. The monoisotopic (exact) mass is 404 g/mol. The van der Waals surface area contributed by atoms with Crippen LogP contribution in [-0.4, -0.2) is 51.0 Å². The molecule has 0 N–H and O–H groups in total. The molecule has 7 nitrogen and oxygen atoms in total. The van der Waals surface area contributed by atoms with E-state index in [1.54, 1.807) is 50.4 Å². The lowest BCUT2D eigenvalue weighted by atomic mass is 10.0. The lowest BCUT2D eigenvalue weighted by Gasteiger charge is -2.39. The van der Waals surface area contributed by atoms with Crippen LogP contribution in [0.3, 0.4) is 0 Å². The largest absolute Gasteiger partial charge is 0.457 e. The molecule has 28 heavy (non-hydrogen) atoms. The average Bonchev–Trinajstić information content (AvgIpc) is 2.64. The van der Waals surface area contributed by atoms with Gasteiger partial charge in [-0.2, -0.15) is 0 Å². The first kappa shape index (κ1) is 21.7. The van der Waals surface area contributed by atoms with E-state index >= 15 is 0 Å². The van der Waals surface area contributed by atoms with Crippen molar-refractivity contribution < 1.29 is 23.9 Å². The second kappa shape index (κ2) is 9.54. The summed E-state index contributed by atoms with van der Waals surface area (Å²) in [7, 11) is 0. The molecule has 1 aliphatic rings. The zero-order valence-electron chi connectivity index (χ0n) is 16.3. The molecule has 0 aromatic heterocycles. The number of Topliss-reactive ketones (excluding diaryl/α,β-unsaturated/α-hetero) is 1. The van der Waals surface area contributed by atoms with E-state index in [0.717, 1.165) is 15.6 Å². The molecule has 8 heteroatoms. The highest BCUT2D eigenvalue weighted by Gasteiger charge is 2.40. The van der Waals surface area contributed by atoms with Crippen molar-refractivity contribution in [3.05, 3.63) is 47.5 Å². The minimum Gasteiger partial charge on any atom is -0.457 e. The summed E-state index contributed by atoms with van der Waals surface area (Å²) in [6.45, 7) is 6.24. The van der Waals surface area contributed by atoms with Crippen molar-refractivity contribution in [2.24, 2.45) is 0 Å². The summed E-state index contributed by atoms with van der Waals surface area (Å²) < 4.78 is 5.04. The molecule has 0 aliphatic carbocycles. The Hall–Kier alpha value is -2.61. The number of carbonyl (C=O) groups excluding carboxylic acids is 4. The average molecular weight is 404 g/mol. The van der Waals surface area contributed by atoms with Gasteiger partial charge in [0.15, 0.2) is 0 Å². The molecule has 1 aliphatic heterocycles. The van der Waals surface area contributed by atoms with Crippen LogP contribution in [0.5, 0.6) is 0 Å². The van der Waals surface area contributed by atoms with Crippen LogP contribution in [-0.2, 0) is 30.3 Å². The Balaban J connectivity index is 2.44. The number of hydrogen-bond donors (Lipinski definition) is 0. The minimum absolute atomic E-state index is 0.0750. The van der Waals surface area contributed by atoms with E-state index in [1.807, 2.05) is 6.07 Å². The Bertz CT molecular complexity index is 778. The molecular weight excluding hydrogens is 380 g/mol. The van der Waals surface area contributed by atoms with Crippen LogP contribution in [0, 0.1) is 0 Å².